The Morgan fingerprint density at radius 2 is 1.43 bits per heavy atom. The summed E-state index contributed by atoms with van der Waals surface area (Å²) in [5.74, 6) is 0.317. The number of benzene rings is 2. The molecule has 3 N–H and O–H groups in total. The van der Waals surface area contributed by atoms with Crippen LogP contribution in [0.4, 0.5) is 17.6 Å². The molecule has 0 spiro atoms. The summed E-state index contributed by atoms with van der Waals surface area (Å²) in [6, 6.07) is 15.5. The zero-order chi connectivity index (χ0) is 21.4. The third-order valence-corrected chi connectivity index (χ3v) is 3.49. The van der Waals surface area contributed by atoms with Gasteiger partial charge in [0.15, 0.2) is 0 Å². The molecule has 2 rings (SSSR count). The van der Waals surface area contributed by atoms with E-state index in [9.17, 15) is 17.6 Å². The molecule has 3 nitrogen and oxygen atoms in total. The first-order valence-electron chi connectivity index (χ1n) is 8.53. The van der Waals surface area contributed by atoms with Crippen LogP contribution in [0.5, 0.6) is 5.75 Å². The van der Waals surface area contributed by atoms with Crippen LogP contribution in [0.2, 0.25) is 0 Å². The van der Waals surface area contributed by atoms with Crippen LogP contribution in [-0.2, 0) is 13.1 Å². The second kappa shape index (κ2) is 16.2. The minimum Gasteiger partial charge on any atom is -0.497 e. The molecule has 0 radical (unpaired) electrons. The number of methoxy groups -OCH3 is 1. The molecule has 0 unspecified atom stereocenters. The number of aryl methyl sites for hydroxylation is 1. The van der Waals surface area contributed by atoms with E-state index in [-0.39, 0.29) is 6.54 Å². The van der Waals surface area contributed by atoms with Crippen molar-refractivity contribution in [1.29, 1.82) is 0 Å². The smallest absolute Gasteiger partial charge is 0.251 e. The Balaban J connectivity index is 0.000000431. The molecular formula is C20H27ClF4N2O. The molecule has 0 heterocycles. The van der Waals surface area contributed by atoms with Gasteiger partial charge in [-0.2, -0.15) is 0 Å². The molecule has 0 aliphatic carbocycles. The zero-order valence-corrected chi connectivity index (χ0v) is 16.7. The summed E-state index contributed by atoms with van der Waals surface area (Å²) in [4.78, 5) is 0. The van der Waals surface area contributed by atoms with Gasteiger partial charge < -0.3 is 15.8 Å². The summed E-state index contributed by atoms with van der Waals surface area (Å²) in [5.41, 5.74) is 8.74. The van der Waals surface area contributed by atoms with Crippen molar-refractivity contribution in [3.63, 3.8) is 0 Å². The van der Waals surface area contributed by atoms with Gasteiger partial charge in [0.2, 0.25) is 0 Å². The van der Waals surface area contributed by atoms with E-state index in [4.69, 9.17) is 10.5 Å². The van der Waals surface area contributed by atoms with E-state index in [0.29, 0.717) is 13.1 Å². The molecule has 158 valence electrons. The summed E-state index contributed by atoms with van der Waals surface area (Å²) < 4.78 is 49.7. The van der Waals surface area contributed by atoms with Crippen LogP contribution in [0.3, 0.4) is 0 Å². The number of ether oxygens (including phenoxy) is 1. The van der Waals surface area contributed by atoms with Gasteiger partial charge in [-0.15, -0.1) is 11.6 Å². The third kappa shape index (κ3) is 14.3. The molecule has 0 bridgehead atoms. The summed E-state index contributed by atoms with van der Waals surface area (Å²) in [6.07, 6.45) is -4.62. The van der Waals surface area contributed by atoms with Crippen molar-refractivity contribution < 1.29 is 22.3 Å². The number of rotatable bonds is 7. The van der Waals surface area contributed by atoms with Gasteiger partial charge in [-0.3, -0.25) is 0 Å². The number of hydrogen-bond acceptors (Lipinski definition) is 3. The van der Waals surface area contributed by atoms with Crippen molar-refractivity contribution in [3.05, 3.63) is 65.2 Å². The van der Waals surface area contributed by atoms with Crippen molar-refractivity contribution in [2.75, 3.05) is 19.5 Å². The second-order valence-corrected chi connectivity index (χ2v) is 5.91. The zero-order valence-electron chi connectivity index (χ0n) is 16.0. The summed E-state index contributed by atoms with van der Waals surface area (Å²) >= 11 is 4.59. The molecule has 8 heteroatoms. The van der Waals surface area contributed by atoms with Crippen molar-refractivity contribution in [3.8, 4) is 5.75 Å². The maximum Gasteiger partial charge on any atom is 0.251 e. The highest BCUT2D eigenvalue weighted by Gasteiger charge is 2.00. The van der Waals surface area contributed by atoms with Crippen LogP contribution >= 0.6 is 11.6 Å². The highest BCUT2D eigenvalue weighted by molar-refractivity contribution is 6.18. The topological polar surface area (TPSA) is 47.3 Å². The summed E-state index contributed by atoms with van der Waals surface area (Å²) in [7, 11) is 1.65. The monoisotopic (exact) mass is 422 g/mol. The fourth-order valence-corrected chi connectivity index (χ4v) is 1.79. The molecule has 0 fully saturated rings. The number of nitrogens with one attached hydrogen (secondary N) is 1. The molecule has 2 aromatic rings. The van der Waals surface area contributed by atoms with Gasteiger partial charge in [0.05, 0.1) is 19.5 Å². The van der Waals surface area contributed by atoms with Crippen molar-refractivity contribution in [2.45, 2.75) is 32.9 Å². The van der Waals surface area contributed by atoms with E-state index in [2.05, 4.69) is 16.9 Å². The van der Waals surface area contributed by atoms with Gasteiger partial charge in [-0.05, 0) is 30.2 Å². The first-order valence-corrected chi connectivity index (χ1v) is 9.07. The Labute approximate surface area is 168 Å². The van der Waals surface area contributed by atoms with Crippen LogP contribution in [0, 0.1) is 6.92 Å². The standard InChI is InChI=1S/C10H13F2N.C8H11NO.C2H3ClF2/c1-8-2-4-9(5-3-8)6-13-7-10(11)12;1-10-8-4-2-7(6-9)3-5-8;3-1-2(4)5/h2-5,10,13H,6-7H2,1H3;2-5H,6,9H2,1H3;2H,1H2. The fourth-order valence-electron chi connectivity index (χ4n) is 1.79. The van der Waals surface area contributed by atoms with Gasteiger partial charge in [0.1, 0.15) is 5.75 Å². The fraction of sp³-hybridized carbons (Fsp3) is 0.400. The Kier molecular flexibility index (Phi) is 15.1. The van der Waals surface area contributed by atoms with E-state index >= 15 is 0 Å². The first kappa shape index (κ1) is 26.2. The minimum absolute atomic E-state index is 0.242. The lowest BCUT2D eigenvalue weighted by molar-refractivity contribution is 0.145. The number of hydrogen-bond donors (Lipinski definition) is 2. The average Bonchev–Trinajstić information content (AvgIpc) is 2.70. The molecule has 0 saturated carbocycles. The van der Waals surface area contributed by atoms with Gasteiger partial charge in [-0.1, -0.05) is 42.0 Å². The molecule has 0 aliphatic rings. The number of alkyl halides is 5. The molecule has 0 aromatic heterocycles. The predicted molar refractivity (Wildman–Crippen MR) is 106 cm³/mol. The Bertz CT molecular complexity index is 588. The van der Waals surface area contributed by atoms with Gasteiger partial charge >= 0.3 is 0 Å². The average molecular weight is 423 g/mol. The van der Waals surface area contributed by atoms with E-state index < -0.39 is 18.7 Å². The number of nitrogens with two attached hydrogens (primary N) is 1. The molecule has 28 heavy (non-hydrogen) atoms. The third-order valence-electron chi connectivity index (χ3n) is 3.26. The minimum atomic E-state index is -2.35. The number of halogens is 5. The van der Waals surface area contributed by atoms with Crippen LogP contribution in [0.25, 0.3) is 0 Å². The lowest BCUT2D eigenvalue weighted by Crippen LogP contribution is -2.20. The molecule has 0 amide bonds. The maximum atomic E-state index is 11.7. The van der Waals surface area contributed by atoms with Crippen molar-refractivity contribution >= 4 is 11.6 Å². The molecule has 2 aromatic carbocycles. The van der Waals surface area contributed by atoms with Crippen LogP contribution in [0.1, 0.15) is 16.7 Å². The second-order valence-electron chi connectivity index (χ2n) is 5.61. The van der Waals surface area contributed by atoms with Crippen LogP contribution < -0.4 is 15.8 Å². The lowest BCUT2D eigenvalue weighted by Gasteiger charge is -2.03. The highest BCUT2D eigenvalue weighted by Crippen LogP contribution is 2.10. The van der Waals surface area contributed by atoms with Crippen molar-refractivity contribution in [1.82, 2.24) is 5.32 Å². The van der Waals surface area contributed by atoms with Crippen molar-refractivity contribution in [2.24, 2.45) is 5.73 Å². The van der Waals surface area contributed by atoms with Crippen LogP contribution in [0.15, 0.2) is 48.5 Å². The summed E-state index contributed by atoms with van der Waals surface area (Å²) in [6.45, 7) is 2.85. The van der Waals surface area contributed by atoms with Gasteiger partial charge in [-0.25, -0.2) is 17.6 Å². The molecular weight excluding hydrogens is 396 g/mol. The SMILES string of the molecule is COc1ccc(CN)cc1.Cc1ccc(CNCC(F)F)cc1.FC(F)CCl. The lowest BCUT2D eigenvalue weighted by atomic mass is 10.1. The quantitative estimate of drug-likeness (QED) is 0.488. The maximum absolute atomic E-state index is 11.7. The van der Waals surface area contributed by atoms with E-state index in [1.54, 1.807) is 7.11 Å². The van der Waals surface area contributed by atoms with Gasteiger partial charge in [0.25, 0.3) is 12.9 Å². The molecule has 0 atom stereocenters. The van der Waals surface area contributed by atoms with Gasteiger partial charge in [0, 0.05) is 13.1 Å². The Hall–Kier alpha value is -1.83. The Morgan fingerprint density at radius 1 is 0.929 bits per heavy atom. The molecule has 0 saturated heterocycles. The predicted octanol–water partition coefficient (Wildman–Crippen LogP) is 4.99. The van der Waals surface area contributed by atoms with Crippen LogP contribution in [-0.4, -0.2) is 32.4 Å². The van der Waals surface area contributed by atoms with E-state index in [0.717, 1.165) is 16.9 Å². The Morgan fingerprint density at radius 3 is 1.82 bits per heavy atom. The first-order chi connectivity index (χ1) is 13.3. The highest BCUT2D eigenvalue weighted by atomic mass is 35.5. The normalized spacial score (nSPS) is 10.1. The largest absolute Gasteiger partial charge is 0.497 e. The van der Waals surface area contributed by atoms with E-state index in [1.165, 1.54) is 5.56 Å². The van der Waals surface area contributed by atoms with E-state index in [1.807, 2.05) is 55.5 Å². The summed E-state index contributed by atoms with van der Waals surface area (Å²) in [5, 5.41) is 2.67. The molecule has 0 aliphatic heterocycles.